The van der Waals surface area contributed by atoms with E-state index in [4.69, 9.17) is 0 Å². The molecule has 0 bridgehead atoms. The molecule has 0 atom stereocenters. The fraction of sp³-hybridized carbons (Fsp3) is 0.423. The van der Waals surface area contributed by atoms with E-state index in [1.54, 1.807) is 0 Å². The highest BCUT2D eigenvalue weighted by Crippen LogP contribution is 2.32. The summed E-state index contributed by atoms with van der Waals surface area (Å²) >= 11 is 0. The van der Waals surface area contributed by atoms with Crippen molar-refractivity contribution in [3.8, 4) is 11.3 Å². The smallest absolute Gasteiger partial charge is 0.200 e. The molecule has 1 aliphatic rings. The van der Waals surface area contributed by atoms with Gasteiger partial charge < -0.3 is 0 Å². The molecule has 1 aliphatic carbocycles. The molecule has 0 unspecified atom stereocenters. The first-order valence-corrected chi connectivity index (χ1v) is 10.5. The van der Waals surface area contributed by atoms with Gasteiger partial charge in [0.2, 0.25) is 5.69 Å². The van der Waals surface area contributed by atoms with Gasteiger partial charge in [0.1, 0.15) is 7.05 Å². The third-order valence-corrected chi connectivity index (χ3v) is 6.38. The molecule has 1 heteroatoms. The minimum atomic E-state index is 0.544. The van der Waals surface area contributed by atoms with E-state index in [1.807, 2.05) is 0 Å². The number of benzene rings is 2. The number of rotatable bonds is 4. The van der Waals surface area contributed by atoms with Gasteiger partial charge in [0, 0.05) is 11.6 Å². The van der Waals surface area contributed by atoms with Crippen LogP contribution in [0.2, 0.25) is 0 Å². The molecule has 0 aliphatic heterocycles. The van der Waals surface area contributed by atoms with Gasteiger partial charge in [0.15, 0.2) is 6.20 Å². The van der Waals surface area contributed by atoms with Crippen LogP contribution in [-0.2, 0) is 13.5 Å². The Hall–Kier alpha value is -2.15. The topological polar surface area (TPSA) is 3.88 Å². The number of pyridine rings is 1. The SMILES string of the molecule is Cc1ccc(C(C)C)cc1-c1c2ccc(CC3CCCC3)cc2cc[n+]1C. The average Bonchev–Trinajstić information content (AvgIpc) is 3.15. The lowest BCUT2D eigenvalue weighted by Gasteiger charge is -2.13. The predicted molar refractivity (Wildman–Crippen MR) is 115 cm³/mol. The van der Waals surface area contributed by atoms with E-state index in [-0.39, 0.29) is 0 Å². The average molecular weight is 359 g/mol. The van der Waals surface area contributed by atoms with Gasteiger partial charge >= 0.3 is 0 Å². The summed E-state index contributed by atoms with van der Waals surface area (Å²) in [4.78, 5) is 0. The van der Waals surface area contributed by atoms with Crippen LogP contribution in [0.4, 0.5) is 0 Å². The molecule has 0 radical (unpaired) electrons. The summed E-state index contributed by atoms with van der Waals surface area (Å²) in [6, 6.07) is 16.4. The molecular formula is C26H32N+. The molecule has 1 fully saturated rings. The van der Waals surface area contributed by atoms with E-state index >= 15 is 0 Å². The molecule has 27 heavy (non-hydrogen) atoms. The zero-order chi connectivity index (χ0) is 19.0. The van der Waals surface area contributed by atoms with Crippen molar-refractivity contribution in [2.45, 2.75) is 58.8 Å². The van der Waals surface area contributed by atoms with Crippen molar-refractivity contribution in [1.82, 2.24) is 0 Å². The Bertz CT molecular complexity index is 961. The Morgan fingerprint density at radius 3 is 2.52 bits per heavy atom. The number of hydrogen-bond acceptors (Lipinski definition) is 0. The van der Waals surface area contributed by atoms with Gasteiger partial charge in [-0.05, 0) is 59.4 Å². The maximum atomic E-state index is 2.43. The van der Waals surface area contributed by atoms with Gasteiger partial charge in [-0.15, -0.1) is 0 Å². The van der Waals surface area contributed by atoms with Gasteiger partial charge in [-0.1, -0.05) is 63.8 Å². The van der Waals surface area contributed by atoms with E-state index < -0.39 is 0 Å². The van der Waals surface area contributed by atoms with Crippen molar-refractivity contribution in [3.05, 3.63) is 65.4 Å². The molecule has 1 nitrogen and oxygen atoms in total. The minimum absolute atomic E-state index is 0.544. The molecule has 1 aromatic heterocycles. The van der Waals surface area contributed by atoms with Crippen LogP contribution in [0.3, 0.4) is 0 Å². The molecule has 0 saturated heterocycles. The first kappa shape index (κ1) is 18.2. The molecular weight excluding hydrogens is 326 g/mol. The molecule has 140 valence electrons. The second kappa shape index (κ2) is 7.46. The Labute approximate surface area is 164 Å². The Balaban J connectivity index is 1.81. The summed E-state index contributed by atoms with van der Waals surface area (Å²) in [6.45, 7) is 6.77. The minimum Gasteiger partial charge on any atom is -0.200 e. The van der Waals surface area contributed by atoms with E-state index in [0.717, 1.165) is 5.92 Å². The van der Waals surface area contributed by atoms with Crippen LogP contribution < -0.4 is 4.57 Å². The monoisotopic (exact) mass is 358 g/mol. The van der Waals surface area contributed by atoms with Gasteiger partial charge in [-0.25, -0.2) is 4.57 Å². The first-order chi connectivity index (χ1) is 13.0. The van der Waals surface area contributed by atoms with Crippen LogP contribution in [0, 0.1) is 12.8 Å². The van der Waals surface area contributed by atoms with Gasteiger partial charge in [-0.2, -0.15) is 0 Å². The van der Waals surface area contributed by atoms with Crippen molar-refractivity contribution < 1.29 is 4.57 Å². The van der Waals surface area contributed by atoms with Crippen molar-refractivity contribution in [2.75, 3.05) is 0 Å². The van der Waals surface area contributed by atoms with Crippen LogP contribution in [0.15, 0.2) is 48.7 Å². The second-order valence-electron chi connectivity index (χ2n) is 8.78. The third kappa shape index (κ3) is 3.65. The normalized spacial score (nSPS) is 15.1. The third-order valence-electron chi connectivity index (χ3n) is 6.38. The quantitative estimate of drug-likeness (QED) is 0.469. The maximum Gasteiger partial charge on any atom is 0.220 e. The predicted octanol–water partition coefficient (Wildman–Crippen LogP) is 6.50. The molecule has 3 aromatic rings. The van der Waals surface area contributed by atoms with Gasteiger partial charge in [-0.3, -0.25) is 0 Å². The Morgan fingerprint density at radius 2 is 1.78 bits per heavy atom. The summed E-state index contributed by atoms with van der Waals surface area (Å²) in [7, 11) is 2.17. The number of aromatic nitrogens is 1. The number of aryl methyl sites for hydroxylation is 2. The van der Waals surface area contributed by atoms with E-state index in [0.29, 0.717) is 5.92 Å². The van der Waals surface area contributed by atoms with Crippen molar-refractivity contribution >= 4 is 10.8 Å². The first-order valence-electron chi connectivity index (χ1n) is 10.5. The fourth-order valence-electron chi connectivity index (χ4n) is 4.69. The standard InChI is InChI=1S/C26H32N/c1-18(2)22-11-9-19(3)25(17-22)26-24-12-10-21(15-20-7-5-6-8-20)16-23(24)13-14-27(26)4/h9-14,16-18,20H,5-8,15H2,1-4H3/q+1. The zero-order valence-corrected chi connectivity index (χ0v) is 17.3. The van der Waals surface area contributed by atoms with E-state index in [1.165, 1.54) is 70.8 Å². The van der Waals surface area contributed by atoms with Crippen LogP contribution in [0.5, 0.6) is 0 Å². The molecule has 4 rings (SSSR count). The van der Waals surface area contributed by atoms with Crippen molar-refractivity contribution in [1.29, 1.82) is 0 Å². The lowest BCUT2D eigenvalue weighted by Crippen LogP contribution is -2.30. The lowest BCUT2D eigenvalue weighted by atomic mass is 9.92. The second-order valence-corrected chi connectivity index (χ2v) is 8.78. The zero-order valence-electron chi connectivity index (χ0n) is 17.3. The molecule has 0 spiro atoms. The van der Waals surface area contributed by atoms with Crippen LogP contribution in [0.1, 0.15) is 62.1 Å². The highest BCUT2D eigenvalue weighted by atomic mass is 14.9. The van der Waals surface area contributed by atoms with Crippen LogP contribution in [0.25, 0.3) is 22.0 Å². The van der Waals surface area contributed by atoms with Crippen LogP contribution in [-0.4, -0.2) is 0 Å². The molecule has 0 N–H and O–H groups in total. The molecule has 1 heterocycles. The number of nitrogens with zero attached hydrogens (tertiary/aromatic N) is 1. The summed E-state index contributed by atoms with van der Waals surface area (Å²) in [5, 5.41) is 2.73. The molecule has 0 amide bonds. The van der Waals surface area contributed by atoms with Gasteiger partial charge in [0.25, 0.3) is 0 Å². The largest absolute Gasteiger partial charge is 0.220 e. The summed E-state index contributed by atoms with van der Waals surface area (Å²) in [5.41, 5.74) is 6.95. The van der Waals surface area contributed by atoms with Gasteiger partial charge in [0.05, 0.1) is 5.39 Å². The van der Waals surface area contributed by atoms with Crippen molar-refractivity contribution in [3.63, 3.8) is 0 Å². The summed E-state index contributed by atoms with van der Waals surface area (Å²) in [6.07, 6.45) is 9.13. The fourth-order valence-corrected chi connectivity index (χ4v) is 4.69. The lowest BCUT2D eigenvalue weighted by molar-refractivity contribution is -0.659. The summed E-state index contributed by atoms with van der Waals surface area (Å²) in [5.74, 6) is 1.44. The van der Waals surface area contributed by atoms with E-state index in [9.17, 15) is 0 Å². The summed E-state index contributed by atoms with van der Waals surface area (Å²) < 4.78 is 2.28. The highest BCUT2D eigenvalue weighted by Gasteiger charge is 2.20. The van der Waals surface area contributed by atoms with Crippen molar-refractivity contribution in [2.24, 2.45) is 13.0 Å². The molecule has 2 aromatic carbocycles. The maximum absolute atomic E-state index is 2.43. The highest BCUT2D eigenvalue weighted by molar-refractivity contribution is 5.94. The number of hydrogen-bond donors (Lipinski definition) is 0. The van der Waals surface area contributed by atoms with E-state index in [2.05, 4.69) is 81.0 Å². The van der Waals surface area contributed by atoms with Crippen LogP contribution >= 0.6 is 0 Å². The number of fused-ring (bicyclic) bond motifs is 1. The Kier molecular flexibility index (Phi) is 5.04. The molecule has 1 saturated carbocycles. The Morgan fingerprint density at radius 1 is 1.00 bits per heavy atom.